The van der Waals surface area contributed by atoms with Gasteiger partial charge in [0, 0.05) is 22.0 Å². The van der Waals surface area contributed by atoms with Crippen LogP contribution in [0.4, 0.5) is 5.95 Å². The van der Waals surface area contributed by atoms with Crippen LogP contribution in [0.2, 0.25) is 0 Å². The lowest BCUT2D eigenvalue weighted by Gasteiger charge is -2.23. The van der Waals surface area contributed by atoms with E-state index in [-0.39, 0.29) is 4.75 Å². The van der Waals surface area contributed by atoms with Crippen LogP contribution in [-0.2, 0) is 6.54 Å². The van der Waals surface area contributed by atoms with Crippen LogP contribution in [0.15, 0.2) is 16.7 Å². The molecule has 0 bridgehead atoms. The summed E-state index contributed by atoms with van der Waals surface area (Å²) in [5.74, 6) is 0.521. The molecule has 17 heavy (non-hydrogen) atoms. The number of rotatable bonds is 3. The number of pyridine rings is 1. The molecule has 0 aliphatic rings. The molecule has 0 spiro atoms. The lowest BCUT2D eigenvalue weighted by atomic mass is 10.2. The molecule has 2 heterocycles. The fourth-order valence-corrected chi connectivity index (χ4v) is 2.18. The highest BCUT2D eigenvalue weighted by Crippen LogP contribution is 2.27. The summed E-state index contributed by atoms with van der Waals surface area (Å²) < 4.78 is 2.99. The van der Waals surface area contributed by atoms with Crippen molar-refractivity contribution >= 4 is 44.8 Å². The maximum Gasteiger partial charge on any atom is 0.202 e. The first kappa shape index (κ1) is 12.7. The summed E-state index contributed by atoms with van der Waals surface area (Å²) in [5, 5.41) is 0. The van der Waals surface area contributed by atoms with Gasteiger partial charge < -0.3 is 5.73 Å². The van der Waals surface area contributed by atoms with Crippen LogP contribution in [0.3, 0.4) is 0 Å². The number of nitrogen functional groups attached to an aromatic ring is 1. The third-order valence-corrected chi connectivity index (χ3v) is 4.34. The zero-order valence-corrected chi connectivity index (χ0v) is 12.5. The molecule has 4 nitrogen and oxygen atoms in total. The van der Waals surface area contributed by atoms with E-state index in [1.165, 1.54) is 0 Å². The molecule has 0 saturated carbocycles. The number of imidazole rings is 1. The molecule has 92 valence electrons. The van der Waals surface area contributed by atoms with Crippen molar-refractivity contribution in [1.29, 1.82) is 0 Å². The Kier molecular flexibility index (Phi) is 3.36. The molecule has 0 radical (unpaired) electrons. The second-order valence-electron chi connectivity index (χ2n) is 4.52. The van der Waals surface area contributed by atoms with Crippen LogP contribution in [0, 0.1) is 0 Å². The van der Waals surface area contributed by atoms with Crippen molar-refractivity contribution in [3.05, 3.63) is 16.7 Å². The first-order valence-electron chi connectivity index (χ1n) is 5.25. The summed E-state index contributed by atoms with van der Waals surface area (Å²) in [4.78, 5) is 8.72. The second kappa shape index (κ2) is 4.49. The van der Waals surface area contributed by atoms with Crippen molar-refractivity contribution in [2.24, 2.45) is 0 Å². The largest absolute Gasteiger partial charge is 0.369 e. The first-order valence-corrected chi connectivity index (χ1v) is 7.27. The van der Waals surface area contributed by atoms with Crippen LogP contribution in [0.5, 0.6) is 0 Å². The zero-order valence-electron chi connectivity index (χ0n) is 10.1. The number of fused-ring (bicyclic) bond motifs is 1. The predicted molar refractivity (Wildman–Crippen MR) is 77.2 cm³/mol. The maximum absolute atomic E-state index is 5.95. The van der Waals surface area contributed by atoms with E-state index >= 15 is 0 Å². The molecule has 0 fully saturated rings. The van der Waals surface area contributed by atoms with Gasteiger partial charge in [-0.05, 0) is 42.1 Å². The molecular formula is C11H15BrN4S. The number of hydrogen-bond donors (Lipinski definition) is 1. The Bertz CT molecular complexity index is 550. The van der Waals surface area contributed by atoms with Crippen LogP contribution < -0.4 is 5.73 Å². The molecule has 6 heteroatoms. The summed E-state index contributed by atoms with van der Waals surface area (Å²) in [5.41, 5.74) is 7.62. The molecule has 2 aromatic rings. The van der Waals surface area contributed by atoms with E-state index in [0.717, 1.165) is 22.2 Å². The van der Waals surface area contributed by atoms with Crippen LogP contribution in [0.1, 0.15) is 13.8 Å². The van der Waals surface area contributed by atoms with Gasteiger partial charge in [-0.2, -0.15) is 11.8 Å². The van der Waals surface area contributed by atoms with Crippen molar-refractivity contribution in [2.75, 3.05) is 12.0 Å². The number of anilines is 1. The number of hydrogen-bond acceptors (Lipinski definition) is 4. The SMILES string of the molecule is CSC(C)(C)Cn1c(N)nc2cc(Br)cnc21. The van der Waals surface area contributed by atoms with E-state index in [4.69, 9.17) is 5.73 Å². The van der Waals surface area contributed by atoms with Gasteiger partial charge in [-0.25, -0.2) is 9.97 Å². The van der Waals surface area contributed by atoms with Crippen molar-refractivity contribution in [1.82, 2.24) is 14.5 Å². The average molecular weight is 315 g/mol. The van der Waals surface area contributed by atoms with Gasteiger partial charge in [-0.15, -0.1) is 0 Å². The zero-order chi connectivity index (χ0) is 12.6. The van der Waals surface area contributed by atoms with Crippen molar-refractivity contribution < 1.29 is 0 Å². The lowest BCUT2D eigenvalue weighted by Crippen LogP contribution is -2.23. The average Bonchev–Trinajstić information content (AvgIpc) is 2.54. The molecule has 2 rings (SSSR count). The van der Waals surface area contributed by atoms with Gasteiger partial charge in [0.05, 0.1) is 0 Å². The second-order valence-corrected chi connectivity index (χ2v) is 6.95. The standard InChI is InChI=1S/C11H15BrN4S/c1-11(2,17-3)6-16-9-8(15-10(16)13)4-7(12)5-14-9/h4-5H,6H2,1-3H3,(H2,13,15). The van der Waals surface area contributed by atoms with Gasteiger partial charge in [0.2, 0.25) is 5.95 Å². The van der Waals surface area contributed by atoms with Gasteiger partial charge in [0.15, 0.2) is 5.65 Å². The van der Waals surface area contributed by atoms with Gasteiger partial charge in [-0.3, -0.25) is 4.57 Å². The quantitative estimate of drug-likeness (QED) is 0.946. The van der Waals surface area contributed by atoms with Crippen LogP contribution >= 0.6 is 27.7 Å². The Hall–Kier alpha value is -0.750. The number of aromatic nitrogens is 3. The van der Waals surface area contributed by atoms with Crippen molar-refractivity contribution in [3.8, 4) is 0 Å². The van der Waals surface area contributed by atoms with E-state index in [2.05, 4.69) is 46.0 Å². The highest BCUT2D eigenvalue weighted by Gasteiger charge is 2.20. The minimum absolute atomic E-state index is 0.108. The molecule has 2 aromatic heterocycles. The molecule has 0 atom stereocenters. The van der Waals surface area contributed by atoms with E-state index < -0.39 is 0 Å². The monoisotopic (exact) mass is 314 g/mol. The summed E-state index contributed by atoms with van der Waals surface area (Å²) >= 11 is 5.19. The van der Waals surface area contributed by atoms with Crippen LogP contribution in [-0.4, -0.2) is 25.5 Å². The van der Waals surface area contributed by atoms with Crippen molar-refractivity contribution in [2.45, 2.75) is 25.1 Å². The Morgan fingerprint density at radius 1 is 1.53 bits per heavy atom. The number of nitrogens with zero attached hydrogens (tertiary/aromatic N) is 3. The smallest absolute Gasteiger partial charge is 0.202 e. The van der Waals surface area contributed by atoms with E-state index in [1.807, 2.05) is 10.6 Å². The molecule has 0 aliphatic carbocycles. The van der Waals surface area contributed by atoms with Crippen LogP contribution in [0.25, 0.3) is 11.2 Å². The Morgan fingerprint density at radius 3 is 2.88 bits per heavy atom. The minimum Gasteiger partial charge on any atom is -0.369 e. The summed E-state index contributed by atoms with van der Waals surface area (Å²) in [7, 11) is 0. The van der Waals surface area contributed by atoms with Gasteiger partial charge >= 0.3 is 0 Å². The molecule has 0 unspecified atom stereocenters. The first-order chi connectivity index (χ1) is 7.93. The third-order valence-electron chi connectivity index (χ3n) is 2.67. The number of halogens is 1. The van der Waals surface area contributed by atoms with Gasteiger partial charge in [-0.1, -0.05) is 0 Å². The number of thioether (sulfide) groups is 1. The fraction of sp³-hybridized carbons (Fsp3) is 0.455. The lowest BCUT2D eigenvalue weighted by molar-refractivity contribution is 0.582. The minimum atomic E-state index is 0.108. The number of nitrogens with two attached hydrogens (primary N) is 1. The molecular weight excluding hydrogens is 300 g/mol. The topological polar surface area (TPSA) is 56.7 Å². The van der Waals surface area contributed by atoms with E-state index in [0.29, 0.717) is 5.95 Å². The maximum atomic E-state index is 5.95. The predicted octanol–water partition coefficient (Wildman–Crippen LogP) is 2.92. The molecule has 0 amide bonds. The highest BCUT2D eigenvalue weighted by molar-refractivity contribution is 9.10. The molecule has 0 saturated heterocycles. The summed E-state index contributed by atoms with van der Waals surface area (Å²) in [6.45, 7) is 5.16. The normalized spacial score (nSPS) is 12.2. The third kappa shape index (κ3) is 2.57. The Morgan fingerprint density at radius 2 is 2.24 bits per heavy atom. The molecule has 2 N–H and O–H groups in total. The molecule has 0 aromatic carbocycles. The van der Waals surface area contributed by atoms with Gasteiger partial charge in [0.1, 0.15) is 5.52 Å². The Balaban J connectivity index is 2.50. The van der Waals surface area contributed by atoms with E-state index in [9.17, 15) is 0 Å². The fourth-order valence-electron chi connectivity index (χ4n) is 1.61. The molecule has 0 aliphatic heterocycles. The van der Waals surface area contributed by atoms with E-state index in [1.54, 1.807) is 18.0 Å². The summed E-state index contributed by atoms with van der Waals surface area (Å²) in [6, 6.07) is 1.93. The highest BCUT2D eigenvalue weighted by atomic mass is 79.9. The van der Waals surface area contributed by atoms with Gasteiger partial charge in [0.25, 0.3) is 0 Å². The summed E-state index contributed by atoms with van der Waals surface area (Å²) in [6.07, 6.45) is 3.87. The Labute approximate surface area is 113 Å². The van der Waals surface area contributed by atoms with Crippen molar-refractivity contribution in [3.63, 3.8) is 0 Å².